The molecule has 0 radical (unpaired) electrons. The van der Waals surface area contributed by atoms with Crippen LogP contribution in [0.5, 0.6) is 0 Å². The molecule has 156 valence electrons. The highest BCUT2D eigenvalue weighted by Crippen LogP contribution is 2.24. The van der Waals surface area contributed by atoms with Gasteiger partial charge in [0.25, 0.3) is 0 Å². The van der Waals surface area contributed by atoms with Crippen LogP contribution in [0, 0.1) is 13.8 Å². The SMILES string of the molecule is Cc1nc(SCC(=O)NCC(=O)Nc2ccccc2Br)n(CC2CCCO2)c1C. The second-order valence-corrected chi connectivity index (χ2v) is 8.70. The molecular weight excluding hydrogens is 456 g/mol. The van der Waals surface area contributed by atoms with Crippen LogP contribution >= 0.6 is 27.7 Å². The molecule has 1 aliphatic heterocycles. The number of nitrogens with one attached hydrogen (secondary N) is 2. The summed E-state index contributed by atoms with van der Waals surface area (Å²) in [6.07, 6.45) is 2.34. The van der Waals surface area contributed by atoms with Crippen molar-refractivity contribution in [3.8, 4) is 0 Å². The number of ether oxygens (including phenoxy) is 1. The van der Waals surface area contributed by atoms with Gasteiger partial charge in [-0.2, -0.15) is 0 Å². The molecule has 1 unspecified atom stereocenters. The quantitative estimate of drug-likeness (QED) is 0.566. The number of hydrogen-bond donors (Lipinski definition) is 2. The predicted molar refractivity (Wildman–Crippen MR) is 117 cm³/mol. The third-order valence-corrected chi connectivity index (χ3v) is 6.43. The van der Waals surface area contributed by atoms with E-state index in [1.165, 1.54) is 11.8 Å². The van der Waals surface area contributed by atoms with Crippen molar-refractivity contribution in [1.82, 2.24) is 14.9 Å². The van der Waals surface area contributed by atoms with Crippen molar-refractivity contribution in [1.29, 1.82) is 0 Å². The highest BCUT2D eigenvalue weighted by Gasteiger charge is 2.20. The van der Waals surface area contributed by atoms with Crippen LogP contribution in [-0.4, -0.2) is 46.4 Å². The normalized spacial score (nSPS) is 16.0. The number of carbonyl (C=O) groups excluding carboxylic acids is 2. The van der Waals surface area contributed by atoms with Gasteiger partial charge in [0, 0.05) is 16.8 Å². The van der Waals surface area contributed by atoms with Crippen LogP contribution in [-0.2, 0) is 20.9 Å². The van der Waals surface area contributed by atoms with Crippen molar-refractivity contribution in [2.24, 2.45) is 0 Å². The van der Waals surface area contributed by atoms with Gasteiger partial charge in [0.2, 0.25) is 11.8 Å². The van der Waals surface area contributed by atoms with E-state index in [2.05, 4.69) is 36.1 Å². The molecule has 2 aromatic rings. The lowest BCUT2D eigenvalue weighted by Gasteiger charge is -2.14. The summed E-state index contributed by atoms with van der Waals surface area (Å²) >= 11 is 4.75. The fourth-order valence-electron chi connectivity index (χ4n) is 3.06. The van der Waals surface area contributed by atoms with Crippen LogP contribution in [0.15, 0.2) is 33.9 Å². The minimum absolute atomic E-state index is 0.0802. The topological polar surface area (TPSA) is 85.3 Å². The lowest BCUT2D eigenvalue weighted by molar-refractivity contribution is -0.122. The molecule has 0 saturated carbocycles. The van der Waals surface area contributed by atoms with E-state index in [0.29, 0.717) is 5.69 Å². The standard InChI is InChI=1S/C20H25BrN4O3S/c1-13-14(2)25(11-15-6-5-9-28-15)20(23-13)29-12-19(27)22-10-18(26)24-17-8-4-3-7-16(17)21/h3-4,7-8,15H,5-6,9-12H2,1-2H3,(H,22,27)(H,24,26). The van der Waals surface area contributed by atoms with Crippen LogP contribution in [0.2, 0.25) is 0 Å². The maximum atomic E-state index is 12.2. The molecule has 1 saturated heterocycles. The average molecular weight is 481 g/mol. The molecule has 1 aliphatic rings. The number of carbonyl (C=O) groups is 2. The van der Waals surface area contributed by atoms with Crippen LogP contribution in [0.4, 0.5) is 5.69 Å². The fraction of sp³-hybridized carbons (Fsp3) is 0.450. The number of aryl methyl sites for hydroxylation is 1. The van der Waals surface area contributed by atoms with Gasteiger partial charge in [0.05, 0.1) is 36.3 Å². The highest BCUT2D eigenvalue weighted by atomic mass is 79.9. The molecule has 3 rings (SSSR count). The zero-order chi connectivity index (χ0) is 20.8. The number of aromatic nitrogens is 2. The molecule has 0 spiro atoms. The van der Waals surface area contributed by atoms with Gasteiger partial charge in [0.15, 0.2) is 5.16 Å². The van der Waals surface area contributed by atoms with Crippen molar-refractivity contribution in [2.75, 3.05) is 24.2 Å². The van der Waals surface area contributed by atoms with Crippen molar-refractivity contribution in [2.45, 2.75) is 44.5 Å². The van der Waals surface area contributed by atoms with E-state index >= 15 is 0 Å². The zero-order valence-electron chi connectivity index (χ0n) is 16.5. The number of hydrogen-bond acceptors (Lipinski definition) is 5. The number of imidazole rings is 1. The van der Waals surface area contributed by atoms with Crippen molar-refractivity contribution >= 4 is 45.2 Å². The van der Waals surface area contributed by atoms with E-state index in [0.717, 1.165) is 47.0 Å². The van der Waals surface area contributed by atoms with Crippen LogP contribution in [0.3, 0.4) is 0 Å². The lowest BCUT2D eigenvalue weighted by atomic mass is 10.2. The Bertz CT molecular complexity index is 881. The fourth-order valence-corrected chi connectivity index (χ4v) is 4.37. The number of amides is 2. The first kappa shape index (κ1) is 21.9. The van der Waals surface area contributed by atoms with Gasteiger partial charge in [0.1, 0.15) is 0 Å². The molecule has 0 aliphatic carbocycles. The van der Waals surface area contributed by atoms with E-state index in [-0.39, 0.29) is 30.2 Å². The van der Waals surface area contributed by atoms with Gasteiger partial charge in [-0.3, -0.25) is 9.59 Å². The molecule has 2 amide bonds. The highest BCUT2D eigenvalue weighted by molar-refractivity contribution is 9.10. The number of rotatable bonds is 8. The van der Waals surface area contributed by atoms with E-state index in [9.17, 15) is 9.59 Å². The van der Waals surface area contributed by atoms with Gasteiger partial charge < -0.3 is 19.9 Å². The Hall–Kier alpha value is -1.84. The second-order valence-electron chi connectivity index (χ2n) is 6.90. The predicted octanol–water partition coefficient (Wildman–Crippen LogP) is 3.29. The van der Waals surface area contributed by atoms with Crippen LogP contribution in [0.25, 0.3) is 0 Å². The summed E-state index contributed by atoms with van der Waals surface area (Å²) in [6, 6.07) is 7.33. The number of thioether (sulfide) groups is 1. The lowest BCUT2D eigenvalue weighted by Crippen LogP contribution is -2.34. The number of anilines is 1. The molecule has 2 N–H and O–H groups in total. The molecule has 2 heterocycles. The Morgan fingerprint density at radius 2 is 2.10 bits per heavy atom. The Balaban J connectivity index is 1.48. The molecule has 1 aromatic carbocycles. The number of halogens is 1. The first-order chi connectivity index (χ1) is 13.9. The molecule has 1 atom stereocenters. The van der Waals surface area contributed by atoms with Gasteiger partial charge in [-0.05, 0) is 54.8 Å². The number of para-hydroxylation sites is 1. The van der Waals surface area contributed by atoms with Gasteiger partial charge in [-0.1, -0.05) is 23.9 Å². The summed E-state index contributed by atoms with van der Waals surface area (Å²) in [5.74, 6) is -0.287. The van der Waals surface area contributed by atoms with Crippen molar-refractivity contribution < 1.29 is 14.3 Å². The smallest absolute Gasteiger partial charge is 0.243 e. The van der Waals surface area contributed by atoms with E-state index in [4.69, 9.17) is 4.74 Å². The van der Waals surface area contributed by atoms with Gasteiger partial charge in [-0.25, -0.2) is 4.98 Å². The summed E-state index contributed by atoms with van der Waals surface area (Å²) in [6.45, 7) is 5.49. The minimum atomic E-state index is -0.276. The van der Waals surface area contributed by atoms with Crippen molar-refractivity contribution in [3.05, 3.63) is 40.1 Å². The van der Waals surface area contributed by atoms with Crippen LogP contribution in [0.1, 0.15) is 24.2 Å². The summed E-state index contributed by atoms with van der Waals surface area (Å²) in [5, 5.41) is 6.23. The Morgan fingerprint density at radius 3 is 2.83 bits per heavy atom. The summed E-state index contributed by atoms with van der Waals surface area (Å²) < 4.78 is 8.66. The first-order valence-corrected chi connectivity index (χ1v) is 11.3. The molecule has 29 heavy (non-hydrogen) atoms. The summed E-state index contributed by atoms with van der Waals surface area (Å²) in [4.78, 5) is 28.9. The first-order valence-electron chi connectivity index (χ1n) is 9.53. The molecule has 0 bridgehead atoms. The van der Waals surface area contributed by atoms with Gasteiger partial charge in [-0.15, -0.1) is 0 Å². The molecule has 9 heteroatoms. The zero-order valence-corrected chi connectivity index (χ0v) is 18.9. The minimum Gasteiger partial charge on any atom is -0.376 e. The Morgan fingerprint density at radius 1 is 1.31 bits per heavy atom. The largest absolute Gasteiger partial charge is 0.376 e. The molecular formula is C20H25BrN4O3S. The molecule has 1 aromatic heterocycles. The van der Waals surface area contributed by atoms with E-state index in [1.54, 1.807) is 6.07 Å². The van der Waals surface area contributed by atoms with Crippen molar-refractivity contribution in [3.63, 3.8) is 0 Å². The van der Waals surface area contributed by atoms with Gasteiger partial charge >= 0.3 is 0 Å². The third kappa shape index (κ3) is 6.07. The number of nitrogens with zero attached hydrogens (tertiary/aromatic N) is 2. The Kier molecular flexibility index (Phi) is 7.74. The summed E-state index contributed by atoms with van der Waals surface area (Å²) in [7, 11) is 0. The monoisotopic (exact) mass is 480 g/mol. The maximum Gasteiger partial charge on any atom is 0.243 e. The third-order valence-electron chi connectivity index (χ3n) is 4.76. The number of benzene rings is 1. The average Bonchev–Trinajstić information content (AvgIpc) is 3.30. The summed E-state index contributed by atoms with van der Waals surface area (Å²) in [5.41, 5.74) is 2.72. The molecule has 1 fully saturated rings. The second kappa shape index (κ2) is 10.3. The Labute approximate surface area is 183 Å². The maximum absolute atomic E-state index is 12.2. The molecule has 7 nitrogen and oxygen atoms in total. The van der Waals surface area contributed by atoms with E-state index in [1.807, 2.05) is 32.0 Å². The van der Waals surface area contributed by atoms with Crippen LogP contribution < -0.4 is 10.6 Å². The van der Waals surface area contributed by atoms with E-state index < -0.39 is 0 Å².